The zero-order chi connectivity index (χ0) is 24.2. The number of rotatable bonds is 7. The van der Waals surface area contributed by atoms with Crippen LogP contribution in [0.15, 0.2) is 78.0 Å². The van der Waals surface area contributed by atoms with Crippen molar-refractivity contribution in [2.45, 2.75) is 20.0 Å². The van der Waals surface area contributed by atoms with Crippen molar-refractivity contribution in [2.75, 3.05) is 23.7 Å². The van der Waals surface area contributed by atoms with Gasteiger partial charge in [0, 0.05) is 40.4 Å². The van der Waals surface area contributed by atoms with E-state index in [9.17, 15) is 14.7 Å². The molecular weight excluding hydrogens is 448 g/mol. The van der Waals surface area contributed by atoms with E-state index in [1.54, 1.807) is 17.0 Å². The first kappa shape index (κ1) is 23.4. The van der Waals surface area contributed by atoms with Crippen molar-refractivity contribution < 1.29 is 14.7 Å². The third-order valence-corrected chi connectivity index (χ3v) is 6.62. The number of likely N-dealkylation sites (tertiary alicyclic amines) is 1. The van der Waals surface area contributed by atoms with Crippen LogP contribution in [0.2, 0.25) is 0 Å². The molecule has 0 aliphatic carbocycles. The molecule has 0 radical (unpaired) electrons. The number of allylic oxidation sites excluding steroid dienone is 4. The second-order valence-electron chi connectivity index (χ2n) is 8.00. The first-order chi connectivity index (χ1) is 16.4. The van der Waals surface area contributed by atoms with Crippen molar-refractivity contribution in [1.82, 2.24) is 9.88 Å². The van der Waals surface area contributed by atoms with Gasteiger partial charge in [0.2, 0.25) is 0 Å². The van der Waals surface area contributed by atoms with E-state index in [1.807, 2.05) is 55.6 Å². The maximum atomic E-state index is 13.2. The van der Waals surface area contributed by atoms with Gasteiger partial charge in [-0.3, -0.25) is 9.59 Å². The number of carbonyl (C=O) groups is 2. The minimum atomic E-state index is -0.501. The Bertz CT molecular complexity index is 1320. The lowest BCUT2D eigenvalue weighted by molar-refractivity contribution is 0.00587. The number of thiophene rings is 1. The standard InChI is InChI=1S/C26H26N4O3S/c1-4-8-21(16(3)5-2)28-24-22(11-17(12-27-24)26(33)30-13-18(31)14-30)29-25(32)20-15-34-23-10-7-6-9-19(20)23/h4-12,15,18,31H,1,13-14H2,2-3H3,(H,27,28)(H,29,32)/b16-5-,21-8+. The van der Waals surface area contributed by atoms with Crippen molar-refractivity contribution >= 4 is 44.7 Å². The lowest BCUT2D eigenvalue weighted by Gasteiger charge is -2.35. The largest absolute Gasteiger partial charge is 0.389 e. The van der Waals surface area contributed by atoms with Gasteiger partial charge in [-0.15, -0.1) is 11.3 Å². The number of aliphatic hydroxyl groups excluding tert-OH is 1. The van der Waals surface area contributed by atoms with E-state index in [0.717, 1.165) is 21.4 Å². The number of nitrogens with zero attached hydrogens (tertiary/aromatic N) is 2. The minimum Gasteiger partial charge on any atom is -0.389 e. The molecule has 3 aromatic rings. The smallest absolute Gasteiger partial charge is 0.257 e. The average Bonchev–Trinajstić information content (AvgIpc) is 3.26. The number of hydrogen-bond acceptors (Lipinski definition) is 6. The fraction of sp³-hybridized carbons (Fsp3) is 0.192. The van der Waals surface area contributed by atoms with Crippen LogP contribution in [0.4, 0.5) is 11.5 Å². The third-order valence-electron chi connectivity index (χ3n) is 5.65. The van der Waals surface area contributed by atoms with E-state index < -0.39 is 6.10 Å². The Hall–Kier alpha value is -3.75. The summed E-state index contributed by atoms with van der Waals surface area (Å²) in [6.45, 7) is 8.21. The van der Waals surface area contributed by atoms with E-state index in [2.05, 4.69) is 22.2 Å². The fourth-order valence-electron chi connectivity index (χ4n) is 3.60. The van der Waals surface area contributed by atoms with Crippen molar-refractivity contribution in [3.63, 3.8) is 0 Å². The van der Waals surface area contributed by atoms with E-state index in [-0.39, 0.29) is 24.9 Å². The van der Waals surface area contributed by atoms with Gasteiger partial charge in [0.15, 0.2) is 5.82 Å². The summed E-state index contributed by atoms with van der Waals surface area (Å²) in [4.78, 5) is 32.1. The molecule has 1 saturated heterocycles. The van der Waals surface area contributed by atoms with Gasteiger partial charge in [-0.05, 0) is 37.6 Å². The van der Waals surface area contributed by atoms with E-state index in [0.29, 0.717) is 22.6 Å². The predicted octanol–water partition coefficient (Wildman–Crippen LogP) is 4.81. The van der Waals surface area contributed by atoms with Gasteiger partial charge in [0.05, 0.1) is 22.9 Å². The SMILES string of the molecule is C=C/C=C(Nc1ncc(C(=O)N2CC(O)C2)cc1NC(=O)c1csc2ccccc12)\C(C)=C/C. The molecule has 0 atom stereocenters. The van der Waals surface area contributed by atoms with Crippen LogP contribution in [-0.2, 0) is 0 Å². The molecule has 7 nitrogen and oxygen atoms in total. The quantitative estimate of drug-likeness (QED) is 0.427. The van der Waals surface area contributed by atoms with Gasteiger partial charge >= 0.3 is 0 Å². The summed E-state index contributed by atoms with van der Waals surface area (Å²) < 4.78 is 1.02. The number of aromatic nitrogens is 1. The number of hydrogen-bond donors (Lipinski definition) is 3. The highest BCUT2D eigenvalue weighted by molar-refractivity contribution is 7.17. The maximum Gasteiger partial charge on any atom is 0.257 e. The Balaban J connectivity index is 1.69. The topological polar surface area (TPSA) is 94.6 Å². The summed E-state index contributed by atoms with van der Waals surface area (Å²) in [5, 5.41) is 18.4. The molecule has 174 valence electrons. The van der Waals surface area contributed by atoms with E-state index in [4.69, 9.17) is 0 Å². The zero-order valence-corrected chi connectivity index (χ0v) is 19.9. The van der Waals surface area contributed by atoms with Crippen molar-refractivity contribution in [3.8, 4) is 0 Å². The molecule has 34 heavy (non-hydrogen) atoms. The lowest BCUT2D eigenvalue weighted by Crippen LogP contribution is -2.53. The highest BCUT2D eigenvalue weighted by Gasteiger charge is 2.30. The number of benzene rings is 1. The first-order valence-electron chi connectivity index (χ1n) is 10.9. The molecule has 3 N–H and O–H groups in total. The number of aliphatic hydroxyl groups is 1. The van der Waals surface area contributed by atoms with Gasteiger partial charge in [-0.2, -0.15) is 0 Å². The van der Waals surface area contributed by atoms with Crippen LogP contribution in [0.5, 0.6) is 0 Å². The summed E-state index contributed by atoms with van der Waals surface area (Å²) in [7, 11) is 0. The lowest BCUT2D eigenvalue weighted by atomic mass is 10.1. The Morgan fingerprint density at radius 3 is 2.74 bits per heavy atom. The predicted molar refractivity (Wildman–Crippen MR) is 137 cm³/mol. The summed E-state index contributed by atoms with van der Waals surface area (Å²) in [5.74, 6) is -0.127. The summed E-state index contributed by atoms with van der Waals surface area (Å²) in [6.07, 6.45) is 6.40. The van der Waals surface area contributed by atoms with Crippen LogP contribution in [0, 0.1) is 0 Å². The van der Waals surface area contributed by atoms with Crippen LogP contribution < -0.4 is 10.6 Å². The minimum absolute atomic E-state index is 0.243. The van der Waals surface area contributed by atoms with Crippen molar-refractivity contribution in [1.29, 1.82) is 0 Å². The number of carbonyl (C=O) groups excluding carboxylic acids is 2. The average molecular weight is 475 g/mol. The number of nitrogens with one attached hydrogen (secondary N) is 2. The summed E-state index contributed by atoms with van der Waals surface area (Å²) >= 11 is 1.50. The highest BCUT2D eigenvalue weighted by Crippen LogP contribution is 2.29. The van der Waals surface area contributed by atoms with Crippen LogP contribution in [-0.4, -0.2) is 46.0 Å². The highest BCUT2D eigenvalue weighted by atomic mass is 32.1. The van der Waals surface area contributed by atoms with E-state index in [1.165, 1.54) is 17.5 Å². The Kier molecular flexibility index (Phi) is 6.90. The van der Waals surface area contributed by atoms with Gasteiger partial charge in [-0.25, -0.2) is 4.98 Å². The summed E-state index contributed by atoms with van der Waals surface area (Å²) in [6, 6.07) is 9.33. The molecule has 4 rings (SSSR count). The van der Waals surface area contributed by atoms with Gasteiger partial charge in [0.1, 0.15) is 0 Å². The Morgan fingerprint density at radius 1 is 1.26 bits per heavy atom. The third kappa shape index (κ3) is 4.78. The van der Waals surface area contributed by atoms with Crippen LogP contribution >= 0.6 is 11.3 Å². The first-order valence-corrected chi connectivity index (χ1v) is 11.8. The molecule has 1 aliphatic rings. The molecular formula is C26H26N4O3S. The second kappa shape index (κ2) is 10.0. The summed E-state index contributed by atoms with van der Waals surface area (Å²) in [5.41, 5.74) is 3.01. The Morgan fingerprint density at radius 2 is 2.03 bits per heavy atom. The number of amides is 2. The zero-order valence-electron chi connectivity index (χ0n) is 19.0. The molecule has 0 bridgehead atoms. The van der Waals surface area contributed by atoms with Crippen molar-refractivity contribution in [2.24, 2.45) is 0 Å². The molecule has 2 aromatic heterocycles. The van der Waals surface area contributed by atoms with Crippen molar-refractivity contribution in [3.05, 3.63) is 89.1 Å². The van der Waals surface area contributed by atoms with Crippen LogP contribution in [0.3, 0.4) is 0 Å². The van der Waals surface area contributed by atoms with Crippen LogP contribution in [0.25, 0.3) is 10.1 Å². The number of fused-ring (bicyclic) bond motifs is 1. The number of pyridine rings is 1. The number of β-amino-alcohol motifs (C(OH)–C–C–N with tert-alkyl or cyclic N) is 1. The molecule has 0 saturated carbocycles. The molecule has 0 spiro atoms. The molecule has 2 amide bonds. The van der Waals surface area contributed by atoms with Gasteiger partial charge in [0.25, 0.3) is 11.8 Å². The molecule has 8 heteroatoms. The Labute approximate surface area is 202 Å². The molecule has 1 aliphatic heterocycles. The fourth-order valence-corrected chi connectivity index (χ4v) is 4.54. The monoisotopic (exact) mass is 474 g/mol. The molecule has 0 unspecified atom stereocenters. The van der Waals surface area contributed by atoms with Crippen LogP contribution in [0.1, 0.15) is 34.6 Å². The number of anilines is 2. The second-order valence-corrected chi connectivity index (χ2v) is 8.91. The normalized spacial score (nSPS) is 14.6. The molecule has 1 fully saturated rings. The molecule has 3 heterocycles. The van der Waals surface area contributed by atoms with Gasteiger partial charge in [-0.1, -0.05) is 36.9 Å². The maximum absolute atomic E-state index is 13.2. The molecule has 1 aromatic carbocycles. The van der Waals surface area contributed by atoms with Gasteiger partial charge < -0.3 is 20.6 Å². The van der Waals surface area contributed by atoms with E-state index >= 15 is 0 Å².